The molecule has 1 aromatic heterocycles. The van der Waals surface area contributed by atoms with E-state index in [0.29, 0.717) is 15.8 Å². The standard InChI is InChI=1S/C24H23N3O2S2/c1-4-12-29-19-10-11-20(16(2)13-19)22-17(14-21-23(28)26(3)24(30)31-21)15-27(25-22)18-8-6-5-7-9-18/h5-11,13-15H,4,12H2,1-3H3. The van der Waals surface area contributed by atoms with Crippen LogP contribution in [0.5, 0.6) is 5.75 Å². The Morgan fingerprint density at radius 3 is 2.61 bits per heavy atom. The molecule has 0 bridgehead atoms. The number of thioether (sulfide) groups is 1. The minimum atomic E-state index is -0.0894. The van der Waals surface area contributed by atoms with Gasteiger partial charge in [0.2, 0.25) is 0 Å². The van der Waals surface area contributed by atoms with Gasteiger partial charge in [-0.15, -0.1) is 0 Å². The molecule has 2 aromatic carbocycles. The average Bonchev–Trinajstić information content (AvgIpc) is 3.30. The molecule has 2 heterocycles. The van der Waals surface area contributed by atoms with Crippen molar-refractivity contribution in [3.05, 3.63) is 70.8 Å². The molecule has 31 heavy (non-hydrogen) atoms. The van der Waals surface area contributed by atoms with Crippen LogP contribution in [0.25, 0.3) is 23.0 Å². The Kier molecular flexibility index (Phi) is 6.25. The SMILES string of the molecule is CCCOc1ccc(-c2nn(-c3ccccc3)cc2C=C2SC(=S)N(C)C2=O)c(C)c1. The van der Waals surface area contributed by atoms with Gasteiger partial charge in [0.05, 0.1) is 17.2 Å². The summed E-state index contributed by atoms with van der Waals surface area (Å²) < 4.78 is 8.17. The zero-order valence-corrected chi connectivity index (χ0v) is 19.3. The molecule has 0 aliphatic carbocycles. The summed E-state index contributed by atoms with van der Waals surface area (Å²) in [6.07, 6.45) is 4.79. The van der Waals surface area contributed by atoms with Crippen LogP contribution in [0.2, 0.25) is 0 Å². The summed E-state index contributed by atoms with van der Waals surface area (Å²) in [6, 6.07) is 16.0. The molecule has 158 valence electrons. The number of carbonyl (C=O) groups excluding carboxylic acids is 1. The maximum Gasteiger partial charge on any atom is 0.265 e. The molecule has 3 aromatic rings. The summed E-state index contributed by atoms with van der Waals surface area (Å²) in [5, 5.41) is 4.87. The van der Waals surface area contributed by atoms with E-state index < -0.39 is 0 Å². The highest BCUT2D eigenvalue weighted by atomic mass is 32.2. The third kappa shape index (κ3) is 4.43. The number of benzene rings is 2. The smallest absolute Gasteiger partial charge is 0.265 e. The van der Waals surface area contributed by atoms with E-state index >= 15 is 0 Å². The molecule has 1 saturated heterocycles. The Labute approximate surface area is 191 Å². The number of amides is 1. The fourth-order valence-corrected chi connectivity index (χ4v) is 4.48. The second kappa shape index (κ2) is 9.08. The molecule has 1 aliphatic rings. The molecular weight excluding hydrogens is 426 g/mol. The molecular formula is C24H23N3O2S2. The Balaban J connectivity index is 1.80. The van der Waals surface area contributed by atoms with E-state index in [2.05, 4.69) is 6.92 Å². The summed E-state index contributed by atoms with van der Waals surface area (Å²) in [6.45, 7) is 4.82. The number of likely N-dealkylation sites (N-methyl/N-ethyl adjacent to an activating group) is 1. The van der Waals surface area contributed by atoms with E-state index in [-0.39, 0.29) is 5.91 Å². The maximum atomic E-state index is 12.6. The minimum Gasteiger partial charge on any atom is -0.494 e. The van der Waals surface area contributed by atoms with Gasteiger partial charge in [0, 0.05) is 24.4 Å². The molecule has 0 saturated carbocycles. The molecule has 0 spiro atoms. The summed E-state index contributed by atoms with van der Waals surface area (Å²) >= 11 is 6.60. The molecule has 4 rings (SSSR count). The maximum absolute atomic E-state index is 12.6. The van der Waals surface area contributed by atoms with Crippen molar-refractivity contribution in [2.24, 2.45) is 0 Å². The van der Waals surface area contributed by atoms with Crippen molar-refractivity contribution in [1.29, 1.82) is 0 Å². The van der Waals surface area contributed by atoms with Gasteiger partial charge in [-0.25, -0.2) is 4.68 Å². The van der Waals surface area contributed by atoms with Crippen molar-refractivity contribution in [3.63, 3.8) is 0 Å². The van der Waals surface area contributed by atoms with Crippen LogP contribution in [0, 0.1) is 6.92 Å². The quantitative estimate of drug-likeness (QED) is 0.369. The zero-order valence-electron chi connectivity index (χ0n) is 17.7. The molecule has 0 N–H and O–H groups in total. The van der Waals surface area contributed by atoms with E-state index in [1.807, 2.05) is 72.4 Å². The fraction of sp³-hybridized carbons (Fsp3) is 0.208. The van der Waals surface area contributed by atoms with Gasteiger partial charge in [0.1, 0.15) is 15.8 Å². The molecule has 1 fully saturated rings. The van der Waals surface area contributed by atoms with E-state index in [0.717, 1.165) is 40.2 Å². The number of nitrogens with zero attached hydrogens (tertiary/aromatic N) is 3. The number of aryl methyl sites for hydroxylation is 1. The Morgan fingerprint density at radius 1 is 1.19 bits per heavy atom. The molecule has 0 atom stereocenters. The minimum absolute atomic E-state index is 0.0894. The molecule has 7 heteroatoms. The summed E-state index contributed by atoms with van der Waals surface area (Å²) in [7, 11) is 1.70. The number of thiocarbonyl (C=S) groups is 1. The second-order valence-corrected chi connectivity index (χ2v) is 8.95. The van der Waals surface area contributed by atoms with Crippen LogP contribution in [0.1, 0.15) is 24.5 Å². The van der Waals surface area contributed by atoms with Crippen molar-refractivity contribution in [3.8, 4) is 22.7 Å². The van der Waals surface area contributed by atoms with E-state index in [1.165, 1.54) is 16.7 Å². The van der Waals surface area contributed by atoms with Gasteiger partial charge >= 0.3 is 0 Å². The van der Waals surface area contributed by atoms with Crippen molar-refractivity contribution in [1.82, 2.24) is 14.7 Å². The number of aromatic nitrogens is 2. The number of rotatable bonds is 6. The third-order valence-electron chi connectivity index (χ3n) is 4.96. The van der Waals surface area contributed by atoms with Crippen LogP contribution < -0.4 is 4.74 Å². The van der Waals surface area contributed by atoms with Crippen molar-refractivity contribution >= 4 is 40.3 Å². The van der Waals surface area contributed by atoms with Gasteiger partial charge in [-0.1, -0.05) is 49.1 Å². The number of ether oxygens (including phenoxy) is 1. The van der Waals surface area contributed by atoms with E-state index in [1.54, 1.807) is 7.05 Å². The highest BCUT2D eigenvalue weighted by Crippen LogP contribution is 2.35. The molecule has 0 radical (unpaired) electrons. The van der Waals surface area contributed by atoms with Crippen molar-refractivity contribution in [2.75, 3.05) is 13.7 Å². The predicted octanol–water partition coefficient (Wildman–Crippen LogP) is 5.47. The largest absolute Gasteiger partial charge is 0.494 e. The average molecular weight is 450 g/mol. The Bertz CT molecular complexity index is 1170. The summed E-state index contributed by atoms with van der Waals surface area (Å²) in [4.78, 5) is 14.7. The number of para-hydroxylation sites is 1. The van der Waals surface area contributed by atoms with Crippen LogP contribution >= 0.6 is 24.0 Å². The topological polar surface area (TPSA) is 47.4 Å². The van der Waals surface area contributed by atoms with E-state index in [9.17, 15) is 4.79 Å². The van der Waals surface area contributed by atoms with Gasteiger partial charge in [0.15, 0.2) is 0 Å². The molecule has 0 unspecified atom stereocenters. The van der Waals surface area contributed by atoms with Crippen LogP contribution in [0.3, 0.4) is 0 Å². The first kappa shape index (κ1) is 21.3. The number of hydrogen-bond acceptors (Lipinski definition) is 5. The molecule has 5 nitrogen and oxygen atoms in total. The van der Waals surface area contributed by atoms with Crippen molar-refractivity contribution < 1.29 is 9.53 Å². The predicted molar refractivity (Wildman–Crippen MR) is 130 cm³/mol. The lowest BCUT2D eigenvalue weighted by atomic mass is 10.0. The lowest BCUT2D eigenvalue weighted by Crippen LogP contribution is -2.22. The van der Waals surface area contributed by atoms with Crippen LogP contribution in [-0.4, -0.2) is 38.6 Å². The van der Waals surface area contributed by atoms with Crippen LogP contribution in [0.4, 0.5) is 0 Å². The van der Waals surface area contributed by atoms with Crippen molar-refractivity contribution in [2.45, 2.75) is 20.3 Å². The monoisotopic (exact) mass is 449 g/mol. The fourth-order valence-electron chi connectivity index (χ4n) is 3.31. The van der Waals surface area contributed by atoms with Crippen LogP contribution in [0.15, 0.2) is 59.6 Å². The summed E-state index contributed by atoms with van der Waals surface area (Å²) in [5.74, 6) is 0.757. The van der Waals surface area contributed by atoms with Gasteiger partial charge in [-0.3, -0.25) is 9.69 Å². The van der Waals surface area contributed by atoms with Gasteiger partial charge in [-0.2, -0.15) is 5.10 Å². The second-order valence-electron chi connectivity index (χ2n) is 7.28. The third-order valence-corrected chi connectivity index (χ3v) is 6.45. The van der Waals surface area contributed by atoms with Crippen LogP contribution in [-0.2, 0) is 4.79 Å². The summed E-state index contributed by atoms with van der Waals surface area (Å²) in [5.41, 5.74) is 4.68. The number of hydrogen-bond donors (Lipinski definition) is 0. The van der Waals surface area contributed by atoms with E-state index in [4.69, 9.17) is 22.1 Å². The van der Waals surface area contributed by atoms with Gasteiger partial charge < -0.3 is 4.74 Å². The molecule has 1 aliphatic heterocycles. The lowest BCUT2D eigenvalue weighted by Gasteiger charge is -2.09. The molecule has 1 amide bonds. The lowest BCUT2D eigenvalue weighted by molar-refractivity contribution is -0.121. The Hall–Kier alpha value is -2.90. The van der Waals surface area contributed by atoms with Gasteiger partial charge in [-0.05, 0) is 55.3 Å². The highest BCUT2D eigenvalue weighted by Gasteiger charge is 2.29. The normalized spacial score (nSPS) is 15.2. The van der Waals surface area contributed by atoms with Gasteiger partial charge in [0.25, 0.3) is 5.91 Å². The zero-order chi connectivity index (χ0) is 22.0. The first-order valence-electron chi connectivity index (χ1n) is 10.1. The highest BCUT2D eigenvalue weighted by molar-refractivity contribution is 8.26. The number of carbonyl (C=O) groups is 1. The first-order chi connectivity index (χ1) is 15.0. The first-order valence-corrected chi connectivity index (χ1v) is 11.3. The Morgan fingerprint density at radius 2 is 1.97 bits per heavy atom.